The maximum Gasteiger partial charge on any atom is 4.00 e. The molecule has 10 heavy (non-hydrogen) atoms. The summed E-state index contributed by atoms with van der Waals surface area (Å²) < 4.78 is 34.1. The molecule has 0 aromatic heterocycles. The summed E-state index contributed by atoms with van der Waals surface area (Å²) in [4.78, 5) is 14.5. The molecule has 62 valence electrons. The standard InChI is InChI=1S/2NO.H2O4S.Pt/c2*1-2;1-5(2,3)4;/h;;(H2,1,2,3,4);/q2*-1;;+4/p-2. The van der Waals surface area contributed by atoms with Crippen molar-refractivity contribution in [3.63, 3.8) is 0 Å². The molecule has 0 unspecified atom stereocenters. The average Bonchev–Trinajstić information content (AvgIpc) is 1.72. The van der Waals surface area contributed by atoms with E-state index in [9.17, 15) is 0 Å². The monoisotopic (exact) mass is 351 g/mol. The first kappa shape index (κ1) is 22.6. The van der Waals surface area contributed by atoms with E-state index in [-0.39, 0.29) is 21.1 Å². The van der Waals surface area contributed by atoms with Crippen LogP contribution in [0.25, 0.3) is 11.2 Å². The fraction of sp³-hybridized carbons (Fsp3) is 0. The van der Waals surface area contributed by atoms with Gasteiger partial charge in [0.2, 0.25) is 0 Å². The van der Waals surface area contributed by atoms with Crippen molar-refractivity contribution < 1.29 is 38.6 Å². The Balaban J connectivity index is -0.0000000315. The van der Waals surface area contributed by atoms with Gasteiger partial charge in [-0.2, -0.15) is 0 Å². The topological polar surface area (TPSA) is 159 Å². The van der Waals surface area contributed by atoms with Crippen molar-refractivity contribution in [2.75, 3.05) is 0 Å². The maximum absolute atomic E-state index is 8.52. The van der Waals surface area contributed by atoms with Gasteiger partial charge in [-0.15, -0.1) is 0 Å². The van der Waals surface area contributed by atoms with Crippen LogP contribution in [0, 0.1) is 9.81 Å². The molecule has 0 radical (unpaired) electrons. The van der Waals surface area contributed by atoms with E-state index in [1.807, 2.05) is 0 Å². The van der Waals surface area contributed by atoms with Crippen LogP contribution in [0.4, 0.5) is 0 Å². The molecule has 0 rings (SSSR count). The second kappa shape index (κ2) is 15.9. The minimum Gasteiger partial charge on any atom is -0.759 e. The zero-order valence-electron chi connectivity index (χ0n) is 4.07. The Bertz CT molecular complexity index is 119. The second-order valence-corrected chi connectivity index (χ2v) is 1.22. The van der Waals surface area contributed by atoms with Gasteiger partial charge in [0, 0.05) is 10.4 Å². The molecule has 0 aliphatic carbocycles. The van der Waals surface area contributed by atoms with Crippen LogP contribution in [0.15, 0.2) is 0 Å². The third-order valence-electron chi connectivity index (χ3n) is 0. The summed E-state index contributed by atoms with van der Waals surface area (Å²) in [7, 11) is -5.17. The predicted octanol–water partition coefficient (Wildman–Crippen LogP) is -0.696. The van der Waals surface area contributed by atoms with E-state index in [0.717, 1.165) is 0 Å². The molecule has 0 heterocycles. The van der Waals surface area contributed by atoms with Crippen molar-refractivity contribution in [1.29, 1.82) is 0 Å². The second-order valence-electron chi connectivity index (χ2n) is 0.408. The molecule has 0 aromatic carbocycles. The molecule has 8 nitrogen and oxygen atoms in total. The van der Waals surface area contributed by atoms with Crippen molar-refractivity contribution in [3.05, 3.63) is 21.0 Å². The third-order valence-corrected chi connectivity index (χ3v) is 0. The summed E-state index contributed by atoms with van der Waals surface area (Å²) in [6.07, 6.45) is 0. The molecule has 0 saturated heterocycles. The molecule has 0 aliphatic rings. The summed E-state index contributed by atoms with van der Waals surface area (Å²) in [5.41, 5.74) is 11.5. The molecule has 0 bridgehead atoms. The van der Waals surface area contributed by atoms with E-state index < -0.39 is 10.4 Å². The molecule has 0 aromatic rings. The summed E-state index contributed by atoms with van der Waals surface area (Å²) in [6, 6.07) is 0. The number of hydrogen-bond acceptors (Lipinski definition) is 6. The van der Waals surface area contributed by atoms with Gasteiger partial charge in [0.05, 0.1) is 0 Å². The fourth-order valence-electron chi connectivity index (χ4n) is 0. The Morgan fingerprint density at radius 2 is 0.900 bits per heavy atom. The zero-order chi connectivity index (χ0) is 8.50. The minimum absolute atomic E-state index is 0. The molecule has 0 atom stereocenters. The van der Waals surface area contributed by atoms with Crippen molar-refractivity contribution in [3.8, 4) is 0 Å². The Morgan fingerprint density at radius 3 is 0.900 bits per heavy atom. The summed E-state index contributed by atoms with van der Waals surface area (Å²) in [5, 5.41) is 0. The Hall–Kier alpha value is -0.242. The van der Waals surface area contributed by atoms with Crippen molar-refractivity contribution in [2.24, 2.45) is 0 Å². The van der Waals surface area contributed by atoms with E-state index >= 15 is 0 Å². The largest absolute Gasteiger partial charge is 4.00 e. The van der Waals surface area contributed by atoms with Gasteiger partial charge < -0.3 is 30.1 Å². The number of hydrogen-bond donors (Lipinski definition) is 0. The number of nitroso groups, excluding NO2 is 2. The Kier molecular flexibility index (Phi) is 35.9. The smallest absolute Gasteiger partial charge is 0.759 e. The van der Waals surface area contributed by atoms with Gasteiger partial charge >= 0.3 is 21.1 Å². The first-order valence-electron chi connectivity index (χ1n) is 1.03. The van der Waals surface area contributed by atoms with Gasteiger partial charge in [0.25, 0.3) is 0 Å². The van der Waals surface area contributed by atoms with E-state index in [1.165, 1.54) is 0 Å². The average molecular weight is 351 g/mol. The van der Waals surface area contributed by atoms with Gasteiger partial charge in [-0.05, 0) is 0 Å². The number of nitrogens with zero attached hydrogens (tertiary/aromatic N) is 2. The SMILES string of the molecule is O=S(=O)([O-])[O-].[N-]=O.[N-]=O.[Pt+4]. The molecule has 0 saturated carbocycles. The molecular weight excluding hydrogens is 351 g/mol. The summed E-state index contributed by atoms with van der Waals surface area (Å²) >= 11 is 0. The van der Waals surface area contributed by atoms with Crippen LogP contribution in [0.1, 0.15) is 0 Å². The van der Waals surface area contributed by atoms with Gasteiger partial charge in [0.15, 0.2) is 0 Å². The third kappa shape index (κ3) is 6070. The van der Waals surface area contributed by atoms with E-state index in [1.54, 1.807) is 0 Å². The normalized spacial score (nSPS) is 6.60. The van der Waals surface area contributed by atoms with Gasteiger partial charge in [-0.1, -0.05) is 0 Å². The van der Waals surface area contributed by atoms with Crippen molar-refractivity contribution in [1.82, 2.24) is 0 Å². The molecule has 0 N–H and O–H groups in total. The summed E-state index contributed by atoms with van der Waals surface area (Å²) in [6.45, 7) is 0. The van der Waals surface area contributed by atoms with Crippen LogP contribution in [-0.2, 0) is 31.5 Å². The Labute approximate surface area is 70.4 Å². The van der Waals surface area contributed by atoms with Gasteiger partial charge in [0.1, 0.15) is 0 Å². The summed E-state index contributed by atoms with van der Waals surface area (Å²) in [5.74, 6) is 0. The van der Waals surface area contributed by atoms with Crippen LogP contribution < -0.4 is 0 Å². The molecule has 0 spiro atoms. The van der Waals surface area contributed by atoms with E-state index in [4.69, 9.17) is 38.5 Å². The predicted molar refractivity (Wildman–Crippen MR) is 23.9 cm³/mol. The van der Waals surface area contributed by atoms with Crippen LogP contribution in [0.3, 0.4) is 0 Å². The quantitative estimate of drug-likeness (QED) is 0.414. The molecule has 0 amide bonds. The van der Waals surface area contributed by atoms with Crippen LogP contribution in [-0.4, -0.2) is 17.5 Å². The molecular formula is N2O6PtS. The van der Waals surface area contributed by atoms with Crippen LogP contribution >= 0.6 is 0 Å². The fourth-order valence-corrected chi connectivity index (χ4v) is 0. The maximum atomic E-state index is 8.52. The van der Waals surface area contributed by atoms with E-state index in [0.29, 0.717) is 0 Å². The first-order chi connectivity index (χ1) is 4.00. The van der Waals surface area contributed by atoms with Crippen LogP contribution in [0.5, 0.6) is 0 Å². The van der Waals surface area contributed by atoms with Gasteiger partial charge in [-0.3, -0.25) is 8.42 Å². The molecule has 0 fully saturated rings. The first-order valence-corrected chi connectivity index (χ1v) is 2.37. The van der Waals surface area contributed by atoms with Gasteiger partial charge in [-0.25, -0.2) is 0 Å². The molecule has 10 heteroatoms. The Morgan fingerprint density at radius 1 is 0.900 bits per heavy atom. The number of rotatable bonds is 0. The zero-order valence-corrected chi connectivity index (χ0v) is 7.16. The molecule has 0 aliphatic heterocycles. The minimum atomic E-state index is -5.17. The van der Waals surface area contributed by atoms with Crippen LogP contribution in [0.2, 0.25) is 0 Å². The van der Waals surface area contributed by atoms with Crippen molar-refractivity contribution >= 4 is 10.4 Å². The van der Waals surface area contributed by atoms with Crippen molar-refractivity contribution in [2.45, 2.75) is 0 Å². The van der Waals surface area contributed by atoms with E-state index in [2.05, 4.69) is 0 Å².